The van der Waals surface area contributed by atoms with E-state index >= 15 is 0 Å². The fourth-order valence-electron chi connectivity index (χ4n) is 1.81. The van der Waals surface area contributed by atoms with Gasteiger partial charge in [-0.2, -0.15) is 0 Å². The predicted molar refractivity (Wildman–Crippen MR) is 61.4 cm³/mol. The highest BCUT2D eigenvalue weighted by Crippen LogP contribution is 2.09. The fraction of sp³-hybridized carbons (Fsp3) is 0.909. The largest absolute Gasteiger partial charge is 0.382 e. The highest BCUT2D eigenvalue weighted by atomic mass is 16.5. The van der Waals surface area contributed by atoms with Crippen LogP contribution in [-0.4, -0.2) is 63.9 Å². The van der Waals surface area contributed by atoms with Gasteiger partial charge in [0.2, 0.25) is 5.91 Å². The van der Waals surface area contributed by atoms with E-state index in [9.17, 15) is 4.79 Å². The third-order valence-electron chi connectivity index (χ3n) is 2.91. The van der Waals surface area contributed by atoms with E-state index in [-0.39, 0.29) is 12.5 Å². The molecular formula is C11H22N2O3. The van der Waals surface area contributed by atoms with Crippen LogP contribution in [0.5, 0.6) is 0 Å². The minimum Gasteiger partial charge on any atom is -0.382 e. The molecule has 0 spiro atoms. The number of hydrogen-bond acceptors (Lipinski definition) is 4. The summed E-state index contributed by atoms with van der Waals surface area (Å²) in [5, 5.41) is 3.24. The van der Waals surface area contributed by atoms with Crippen LogP contribution in [0.1, 0.15) is 12.8 Å². The molecule has 1 aliphatic rings. The number of hydrogen-bond donors (Lipinski definition) is 1. The van der Waals surface area contributed by atoms with Crippen molar-refractivity contribution in [2.24, 2.45) is 0 Å². The third-order valence-corrected chi connectivity index (χ3v) is 2.91. The number of rotatable bonds is 6. The average molecular weight is 230 g/mol. The van der Waals surface area contributed by atoms with Crippen molar-refractivity contribution in [2.45, 2.75) is 18.9 Å². The Kier molecular flexibility index (Phi) is 6.37. The lowest BCUT2D eigenvalue weighted by Gasteiger charge is -2.31. The predicted octanol–water partition coefficient (Wildman–Crippen LogP) is -0.140. The van der Waals surface area contributed by atoms with E-state index in [2.05, 4.69) is 5.32 Å². The first-order valence-electron chi connectivity index (χ1n) is 5.79. The average Bonchev–Trinajstić information content (AvgIpc) is 2.34. The SMILES string of the molecule is CNC1CCN(C(=O)COCCOC)CC1. The van der Waals surface area contributed by atoms with Gasteiger partial charge in [0, 0.05) is 26.2 Å². The summed E-state index contributed by atoms with van der Waals surface area (Å²) in [5.74, 6) is 0.0886. The van der Waals surface area contributed by atoms with Gasteiger partial charge in [-0.15, -0.1) is 0 Å². The summed E-state index contributed by atoms with van der Waals surface area (Å²) < 4.78 is 10.0. The van der Waals surface area contributed by atoms with Gasteiger partial charge in [0.25, 0.3) is 0 Å². The van der Waals surface area contributed by atoms with Crippen molar-refractivity contribution >= 4 is 5.91 Å². The van der Waals surface area contributed by atoms with E-state index in [0.29, 0.717) is 19.3 Å². The second kappa shape index (κ2) is 7.60. The summed E-state index contributed by atoms with van der Waals surface area (Å²) >= 11 is 0. The van der Waals surface area contributed by atoms with Crippen LogP contribution in [0.25, 0.3) is 0 Å². The summed E-state index contributed by atoms with van der Waals surface area (Å²) in [5.41, 5.74) is 0. The molecule has 0 aromatic rings. The van der Waals surface area contributed by atoms with Crippen molar-refractivity contribution in [1.82, 2.24) is 10.2 Å². The quantitative estimate of drug-likeness (QED) is 0.645. The Morgan fingerprint density at radius 3 is 2.62 bits per heavy atom. The number of nitrogens with one attached hydrogen (secondary N) is 1. The molecule has 0 atom stereocenters. The van der Waals surface area contributed by atoms with Gasteiger partial charge in [-0.05, 0) is 19.9 Å². The molecule has 94 valence electrons. The summed E-state index contributed by atoms with van der Waals surface area (Å²) in [4.78, 5) is 13.6. The standard InChI is InChI=1S/C11H22N2O3/c1-12-10-3-5-13(6-4-10)11(14)9-16-8-7-15-2/h10,12H,3-9H2,1-2H3. The molecule has 1 N–H and O–H groups in total. The first-order valence-corrected chi connectivity index (χ1v) is 5.79. The summed E-state index contributed by atoms with van der Waals surface area (Å²) in [6.07, 6.45) is 2.06. The zero-order valence-electron chi connectivity index (χ0n) is 10.2. The zero-order chi connectivity index (χ0) is 11.8. The Morgan fingerprint density at radius 1 is 1.38 bits per heavy atom. The maximum atomic E-state index is 11.7. The van der Waals surface area contributed by atoms with Crippen molar-refractivity contribution < 1.29 is 14.3 Å². The molecule has 1 saturated heterocycles. The van der Waals surface area contributed by atoms with E-state index in [4.69, 9.17) is 9.47 Å². The monoisotopic (exact) mass is 230 g/mol. The number of methoxy groups -OCH3 is 1. The minimum absolute atomic E-state index is 0.0886. The van der Waals surface area contributed by atoms with Gasteiger partial charge in [-0.25, -0.2) is 0 Å². The molecule has 0 aliphatic carbocycles. The number of carbonyl (C=O) groups excluding carboxylic acids is 1. The molecule has 1 heterocycles. The van der Waals surface area contributed by atoms with Crippen LogP contribution in [-0.2, 0) is 14.3 Å². The Bertz CT molecular complexity index is 203. The van der Waals surface area contributed by atoms with E-state index < -0.39 is 0 Å². The molecule has 0 aromatic carbocycles. The number of carbonyl (C=O) groups is 1. The lowest BCUT2D eigenvalue weighted by atomic mass is 10.1. The van der Waals surface area contributed by atoms with Gasteiger partial charge in [0.15, 0.2) is 0 Å². The molecule has 0 unspecified atom stereocenters. The molecule has 0 aromatic heterocycles. The molecule has 5 heteroatoms. The van der Waals surface area contributed by atoms with E-state index in [1.807, 2.05) is 11.9 Å². The minimum atomic E-state index is 0.0886. The smallest absolute Gasteiger partial charge is 0.248 e. The van der Waals surface area contributed by atoms with Crippen LogP contribution in [0.15, 0.2) is 0 Å². The number of nitrogens with zero attached hydrogens (tertiary/aromatic N) is 1. The molecule has 1 aliphatic heterocycles. The Hall–Kier alpha value is -0.650. The molecule has 0 radical (unpaired) electrons. The van der Waals surface area contributed by atoms with Crippen molar-refractivity contribution in [2.75, 3.05) is 47.1 Å². The molecule has 0 bridgehead atoms. The highest BCUT2D eigenvalue weighted by molar-refractivity contribution is 5.77. The Balaban J connectivity index is 2.13. The number of likely N-dealkylation sites (tertiary alicyclic amines) is 1. The van der Waals surface area contributed by atoms with Gasteiger partial charge in [0.05, 0.1) is 13.2 Å². The van der Waals surface area contributed by atoms with E-state index in [0.717, 1.165) is 25.9 Å². The maximum absolute atomic E-state index is 11.7. The highest BCUT2D eigenvalue weighted by Gasteiger charge is 2.21. The van der Waals surface area contributed by atoms with Crippen LogP contribution in [0, 0.1) is 0 Å². The topological polar surface area (TPSA) is 50.8 Å². The maximum Gasteiger partial charge on any atom is 0.248 e. The Labute approximate surface area is 97.1 Å². The molecule has 5 nitrogen and oxygen atoms in total. The van der Waals surface area contributed by atoms with Crippen LogP contribution in [0.4, 0.5) is 0 Å². The fourth-order valence-corrected chi connectivity index (χ4v) is 1.81. The van der Waals surface area contributed by atoms with E-state index in [1.54, 1.807) is 7.11 Å². The van der Waals surface area contributed by atoms with Gasteiger partial charge < -0.3 is 19.7 Å². The summed E-state index contributed by atoms with van der Waals surface area (Å²) in [7, 11) is 3.59. The first-order chi connectivity index (χ1) is 7.77. The van der Waals surface area contributed by atoms with Crippen molar-refractivity contribution in [1.29, 1.82) is 0 Å². The Morgan fingerprint density at radius 2 is 2.06 bits per heavy atom. The lowest BCUT2D eigenvalue weighted by molar-refractivity contribution is -0.137. The number of amides is 1. The van der Waals surface area contributed by atoms with Crippen LogP contribution < -0.4 is 5.32 Å². The van der Waals surface area contributed by atoms with Crippen molar-refractivity contribution in [3.05, 3.63) is 0 Å². The first kappa shape index (κ1) is 13.4. The molecule has 1 amide bonds. The van der Waals surface area contributed by atoms with Crippen molar-refractivity contribution in [3.8, 4) is 0 Å². The molecular weight excluding hydrogens is 208 g/mol. The van der Waals surface area contributed by atoms with Crippen LogP contribution in [0.2, 0.25) is 0 Å². The number of piperidine rings is 1. The van der Waals surface area contributed by atoms with Gasteiger partial charge in [-0.1, -0.05) is 0 Å². The third kappa shape index (κ3) is 4.47. The molecule has 1 rings (SSSR count). The lowest BCUT2D eigenvalue weighted by Crippen LogP contribution is -2.45. The van der Waals surface area contributed by atoms with Gasteiger partial charge >= 0.3 is 0 Å². The normalized spacial score (nSPS) is 17.8. The molecule has 1 fully saturated rings. The zero-order valence-corrected chi connectivity index (χ0v) is 10.2. The second-order valence-corrected chi connectivity index (χ2v) is 3.99. The molecule has 0 saturated carbocycles. The van der Waals surface area contributed by atoms with Gasteiger partial charge in [0.1, 0.15) is 6.61 Å². The second-order valence-electron chi connectivity index (χ2n) is 3.99. The summed E-state index contributed by atoms with van der Waals surface area (Å²) in [6.45, 7) is 2.86. The van der Waals surface area contributed by atoms with Crippen molar-refractivity contribution in [3.63, 3.8) is 0 Å². The number of ether oxygens (including phenoxy) is 2. The summed E-state index contributed by atoms with van der Waals surface area (Å²) in [6, 6.07) is 0.554. The van der Waals surface area contributed by atoms with Crippen LogP contribution in [0.3, 0.4) is 0 Å². The van der Waals surface area contributed by atoms with Crippen LogP contribution >= 0.6 is 0 Å². The molecule has 16 heavy (non-hydrogen) atoms. The van der Waals surface area contributed by atoms with Gasteiger partial charge in [-0.3, -0.25) is 4.79 Å². The van der Waals surface area contributed by atoms with E-state index in [1.165, 1.54) is 0 Å².